The maximum Gasteiger partial charge on any atom is 0.316 e. The number of ether oxygens (including phenoxy) is 1. The fraction of sp³-hybridized carbons (Fsp3) is 0.304. The lowest BCUT2D eigenvalue weighted by atomic mass is 9.72. The number of hydrogen-bond donors (Lipinski definition) is 0. The number of methoxy groups -OCH3 is 1. The Morgan fingerprint density at radius 2 is 1.79 bits per heavy atom. The van der Waals surface area contributed by atoms with Crippen molar-refractivity contribution in [2.24, 2.45) is 0 Å². The summed E-state index contributed by atoms with van der Waals surface area (Å²) in [4.78, 5) is 27.4. The van der Waals surface area contributed by atoms with Gasteiger partial charge in [0.25, 0.3) is 0 Å². The second-order valence-corrected chi connectivity index (χ2v) is 7.90. The minimum Gasteiger partial charge on any atom is -0.468 e. The standard InChI is InChI=1S/C23H23ClN2O3/c1-29-22(28)23(18-5-3-2-4-6-18)10-13-25(14-11-23)21(27)16-26-12-9-17-7-8-19(24)15-20(17)26/h2-9,12,15H,10-11,13-14,16H2,1H3. The molecule has 4 rings (SSSR count). The highest BCUT2D eigenvalue weighted by Crippen LogP contribution is 2.37. The van der Waals surface area contributed by atoms with Crippen LogP contribution in [0.2, 0.25) is 5.02 Å². The van der Waals surface area contributed by atoms with Crippen molar-refractivity contribution in [3.63, 3.8) is 0 Å². The molecule has 1 saturated heterocycles. The minimum absolute atomic E-state index is 0.0361. The summed E-state index contributed by atoms with van der Waals surface area (Å²) in [5.74, 6) is -0.198. The van der Waals surface area contributed by atoms with Crippen LogP contribution in [0.3, 0.4) is 0 Å². The summed E-state index contributed by atoms with van der Waals surface area (Å²) in [5.41, 5.74) is 1.20. The van der Waals surface area contributed by atoms with E-state index in [4.69, 9.17) is 16.3 Å². The molecule has 3 aromatic rings. The average molecular weight is 411 g/mol. The van der Waals surface area contributed by atoms with Gasteiger partial charge in [0.15, 0.2) is 0 Å². The average Bonchev–Trinajstić information content (AvgIpc) is 3.15. The van der Waals surface area contributed by atoms with E-state index < -0.39 is 5.41 Å². The molecule has 1 fully saturated rings. The molecule has 0 aliphatic carbocycles. The third-order valence-electron chi connectivity index (χ3n) is 5.91. The van der Waals surface area contributed by atoms with Crippen molar-refractivity contribution in [2.75, 3.05) is 20.2 Å². The molecule has 0 atom stereocenters. The van der Waals surface area contributed by atoms with Gasteiger partial charge in [0.05, 0.1) is 12.5 Å². The van der Waals surface area contributed by atoms with Gasteiger partial charge in [-0.1, -0.05) is 48.0 Å². The molecule has 6 heteroatoms. The second-order valence-electron chi connectivity index (χ2n) is 7.47. The Hall–Kier alpha value is -2.79. The van der Waals surface area contributed by atoms with Crippen LogP contribution in [-0.4, -0.2) is 41.5 Å². The van der Waals surface area contributed by atoms with Crippen molar-refractivity contribution < 1.29 is 14.3 Å². The maximum absolute atomic E-state index is 12.9. The van der Waals surface area contributed by atoms with Crippen LogP contribution >= 0.6 is 11.6 Å². The molecule has 150 valence electrons. The fourth-order valence-electron chi connectivity index (χ4n) is 4.24. The number of amides is 1. The normalized spacial score (nSPS) is 16.0. The lowest BCUT2D eigenvalue weighted by molar-refractivity contribution is -0.151. The topological polar surface area (TPSA) is 51.5 Å². The van der Waals surface area contributed by atoms with E-state index >= 15 is 0 Å². The second kappa shape index (κ2) is 7.91. The fourth-order valence-corrected chi connectivity index (χ4v) is 4.41. The number of hydrogen-bond acceptors (Lipinski definition) is 3. The van der Waals surface area contributed by atoms with Gasteiger partial charge in [0.1, 0.15) is 6.54 Å². The minimum atomic E-state index is -0.694. The van der Waals surface area contributed by atoms with Crippen LogP contribution in [0, 0.1) is 0 Å². The highest BCUT2D eigenvalue weighted by Gasteiger charge is 2.44. The zero-order chi connectivity index (χ0) is 20.4. The van der Waals surface area contributed by atoms with Gasteiger partial charge in [0, 0.05) is 29.8 Å². The SMILES string of the molecule is COC(=O)C1(c2ccccc2)CCN(C(=O)Cn2ccc3ccc(Cl)cc32)CC1. The molecule has 5 nitrogen and oxygen atoms in total. The molecule has 0 saturated carbocycles. The first-order valence-electron chi connectivity index (χ1n) is 9.70. The Bertz CT molecular complexity index is 1040. The van der Waals surface area contributed by atoms with E-state index in [1.807, 2.05) is 70.3 Å². The number of aromatic nitrogens is 1. The number of esters is 1. The predicted molar refractivity (Wildman–Crippen MR) is 113 cm³/mol. The molecule has 1 aromatic heterocycles. The van der Waals surface area contributed by atoms with Crippen molar-refractivity contribution >= 4 is 34.4 Å². The predicted octanol–water partition coefficient (Wildman–Crippen LogP) is 4.03. The Morgan fingerprint density at radius 3 is 2.48 bits per heavy atom. The largest absolute Gasteiger partial charge is 0.468 e. The lowest BCUT2D eigenvalue weighted by Gasteiger charge is -2.40. The summed E-state index contributed by atoms with van der Waals surface area (Å²) >= 11 is 6.11. The van der Waals surface area contributed by atoms with Gasteiger partial charge in [-0.05, 0) is 42.0 Å². The first-order valence-corrected chi connectivity index (χ1v) is 10.1. The summed E-state index contributed by atoms with van der Waals surface area (Å²) in [7, 11) is 1.42. The lowest BCUT2D eigenvalue weighted by Crippen LogP contribution is -2.50. The van der Waals surface area contributed by atoms with E-state index in [1.165, 1.54) is 7.11 Å². The zero-order valence-electron chi connectivity index (χ0n) is 16.3. The summed E-state index contributed by atoms with van der Waals surface area (Å²) < 4.78 is 7.05. The highest BCUT2D eigenvalue weighted by molar-refractivity contribution is 6.31. The van der Waals surface area contributed by atoms with Crippen molar-refractivity contribution in [1.29, 1.82) is 0 Å². The molecule has 1 amide bonds. The van der Waals surface area contributed by atoms with Gasteiger partial charge in [0.2, 0.25) is 5.91 Å². The van der Waals surface area contributed by atoms with E-state index in [9.17, 15) is 9.59 Å². The molecule has 29 heavy (non-hydrogen) atoms. The monoisotopic (exact) mass is 410 g/mol. The molecule has 0 radical (unpaired) electrons. The molecular formula is C23H23ClN2O3. The third-order valence-corrected chi connectivity index (χ3v) is 6.15. The summed E-state index contributed by atoms with van der Waals surface area (Å²) in [6.45, 7) is 1.28. The Balaban J connectivity index is 1.50. The van der Waals surface area contributed by atoms with Gasteiger partial charge in [-0.2, -0.15) is 0 Å². The van der Waals surface area contributed by atoms with E-state index in [0.29, 0.717) is 31.0 Å². The number of rotatable bonds is 4. The Morgan fingerprint density at radius 1 is 1.07 bits per heavy atom. The molecule has 0 N–H and O–H groups in total. The summed E-state index contributed by atoms with van der Waals surface area (Å²) in [5, 5.41) is 1.70. The number of piperidine rings is 1. The number of benzene rings is 2. The molecule has 1 aliphatic rings. The van der Waals surface area contributed by atoms with Crippen LogP contribution in [0.4, 0.5) is 0 Å². The van der Waals surface area contributed by atoms with Gasteiger partial charge in [-0.3, -0.25) is 9.59 Å². The highest BCUT2D eigenvalue weighted by atomic mass is 35.5. The molecule has 0 spiro atoms. The molecular weight excluding hydrogens is 388 g/mol. The summed E-state index contributed by atoms with van der Waals surface area (Å²) in [6.07, 6.45) is 3.01. The van der Waals surface area contributed by atoms with Crippen LogP contribution in [0.15, 0.2) is 60.8 Å². The number of likely N-dealkylation sites (tertiary alicyclic amines) is 1. The van der Waals surface area contributed by atoms with Gasteiger partial charge in [-0.25, -0.2) is 0 Å². The molecule has 2 heterocycles. The van der Waals surface area contributed by atoms with Gasteiger partial charge < -0.3 is 14.2 Å². The first kappa shape index (κ1) is 19.5. The van der Waals surface area contributed by atoms with Gasteiger partial charge in [-0.15, -0.1) is 0 Å². The molecule has 0 unspecified atom stereocenters. The van der Waals surface area contributed by atoms with Crippen LogP contribution in [0.1, 0.15) is 18.4 Å². The molecule has 1 aliphatic heterocycles. The van der Waals surface area contributed by atoms with E-state index in [2.05, 4.69) is 0 Å². The number of fused-ring (bicyclic) bond motifs is 1. The Kier molecular flexibility index (Phi) is 5.33. The van der Waals surface area contributed by atoms with E-state index in [1.54, 1.807) is 0 Å². The summed E-state index contributed by atoms with van der Waals surface area (Å²) in [6, 6.07) is 17.4. The van der Waals surface area contributed by atoms with Gasteiger partial charge >= 0.3 is 5.97 Å². The molecule has 2 aromatic carbocycles. The van der Waals surface area contributed by atoms with E-state index in [0.717, 1.165) is 16.5 Å². The smallest absolute Gasteiger partial charge is 0.316 e. The van der Waals surface area contributed by atoms with Crippen LogP contribution in [0.25, 0.3) is 10.9 Å². The van der Waals surface area contributed by atoms with Crippen LogP contribution in [-0.2, 0) is 26.3 Å². The number of carbonyl (C=O) groups excluding carboxylic acids is 2. The van der Waals surface area contributed by atoms with Crippen molar-refractivity contribution in [1.82, 2.24) is 9.47 Å². The quantitative estimate of drug-likeness (QED) is 0.610. The maximum atomic E-state index is 12.9. The van der Waals surface area contributed by atoms with Crippen LogP contribution in [0.5, 0.6) is 0 Å². The van der Waals surface area contributed by atoms with E-state index in [-0.39, 0.29) is 18.4 Å². The third kappa shape index (κ3) is 3.62. The number of carbonyl (C=O) groups is 2. The first-order chi connectivity index (χ1) is 14.0. The van der Waals surface area contributed by atoms with Crippen molar-refractivity contribution in [3.05, 3.63) is 71.4 Å². The van der Waals surface area contributed by atoms with Crippen molar-refractivity contribution in [3.8, 4) is 0 Å². The van der Waals surface area contributed by atoms with Crippen molar-refractivity contribution in [2.45, 2.75) is 24.8 Å². The van der Waals surface area contributed by atoms with Crippen LogP contribution < -0.4 is 0 Å². The Labute approximate surface area is 174 Å². The zero-order valence-corrected chi connectivity index (χ0v) is 17.1. The molecule has 0 bridgehead atoms. The number of nitrogens with zero attached hydrogens (tertiary/aromatic N) is 2. The number of halogens is 1.